The van der Waals surface area contributed by atoms with Crippen molar-refractivity contribution >= 4 is 28.6 Å². The van der Waals surface area contributed by atoms with Crippen molar-refractivity contribution in [3.05, 3.63) is 82.4 Å². The van der Waals surface area contributed by atoms with Crippen molar-refractivity contribution in [3.63, 3.8) is 0 Å². The normalized spacial score (nSPS) is 22.5. The summed E-state index contributed by atoms with van der Waals surface area (Å²) in [7, 11) is 0. The molecule has 3 atom stereocenters. The topological polar surface area (TPSA) is 98.9 Å². The van der Waals surface area contributed by atoms with Crippen molar-refractivity contribution in [2.24, 2.45) is 0 Å². The molecule has 7 rings (SSSR count). The third kappa shape index (κ3) is 4.82. The first-order chi connectivity index (χ1) is 21.2. The van der Waals surface area contributed by atoms with Crippen LogP contribution in [0.15, 0.2) is 54.7 Å². The van der Waals surface area contributed by atoms with E-state index < -0.39 is 11.8 Å². The molecule has 1 N–H and O–H groups in total. The van der Waals surface area contributed by atoms with Crippen molar-refractivity contribution in [2.45, 2.75) is 82.9 Å². The molecule has 2 aromatic heterocycles. The SMILES string of the molecule is CCN(Cc1nc2ccc(C(=O)O)cc2n1C[C@@H]1CCO1)C1(C(C)c2cccc3c2O[C@@](C)(c2ccc(Cl)cn2)O3)CCC1. The van der Waals surface area contributed by atoms with Crippen LogP contribution >= 0.6 is 11.6 Å². The fraction of sp³-hybridized carbons (Fsp3) is 0.441. The highest BCUT2D eigenvalue weighted by Crippen LogP contribution is 2.54. The van der Waals surface area contributed by atoms with E-state index in [1.807, 2.05) is 31.2 Å². The number of likely N-dealkylation sites (N-methyl/N-ethyl adjacent to an activating group) is 1. The van der Waals surface area contributed by atoms with Crippen LogP contribution in [0.4, 0.5) is 0 Å². The van der Waals surface area contributed by atoms with Crippen molar-refractivity contribution in [1.82, 2.24) is 19.4 Å². The van der Waals surface area contributed by atoms with Crippen LogP contribution in [0.2, 0.25) is 5.02 Å². The summed E-state index contributed by atoms with van der Waals surface area (Å²) in [6, 6.07) is 15.0. The number of ether oxygens (including phenoxy) is 3. The number of hydrogen-bond acceptors (Lipinski definition) is 7. The molecule has 0 amide bonds. The Bertz CT molecular complexity index is 1710. The fourth-order valence-corrected chi connectivity index (χ4v) is 7.22. The summed E-state index contributed by atoms with van der Waals surface area (Å²) in [6.45, 7) is 9.28. The van der Waals surface area contributed by atoms with E-state index in [-0.39, 0.29) is 23.1 Å². The third-order valence-corrected chi connectivity index (χ3v) is 10.1. The van der Waals surface area contributed by atoms with Crippen LogP contribution in [0.5, 0.6) is 11.5 Å². The minimum atomic E-state index is -1.05. The van der Waals surface area contributed by atoms with Gasteiger partial charge in [-0.3, -0.25) is 9.88 Å². The van der Waals surface area contributed by atoms with E-state index in [2.05, 4.69) is 34.4 Å². The second-order valence-electron chi connectivity index (χ2n) is 12.3. The zero-order chi connectivity index (χ0) is 30.6. The highest BCUT2D eigenvalue weighted by molar-refractivity contribution is 6.30. The maximum atomic E-state index is 11.8. The van der Waals surface area contributed by atoms with E-state index in [0.717, 1.165) is 67.0 Å². The first-order valence-electron chi connectivity index (χ1n) is 15.4. The van der Waals surface area contributed by atoms with E-state index in [1.54, 1.807) is 24.4 Å². The summed E-state index contributed by atoms with van der Waals surface area (Å²) in [4.78, 5) is 23.9. The van der Waals surface area contributed by atoms with Crippen LogP contribution in [0, 0.1) is 0 Å². The summed E-state index contributed by atoms with van der Waals surface area (Å²) < 4.78 is 20.9. The van der Waals surface area contributed by atoms with Gasteiger partial charge in [0.1, 0.15) is 11.5 Å². The van der Waals surface area contributed by atoms with Crippen LogP contribution in [0.1, 0.15) is 79.8 Å². The lowest BCUT2D eigenvalue weighted by Gasteiger charge is -2.54. The van der Waals surface area contributed by atoms with Gasteiger partial charge >= 0.3 is 5.97 Å². The number of carboxylic acid groups (broad SMARTS) is 1. The van der Waals surface area contributed by atoms with Gasteiger partial charge in [-0.2, -0.15) is 0 Å². The number of aromatic nitrogens is 3. The largest absolute Gasteiger partial charge is 0.478 e. The smallest absolute Gasteiger partial charge is 0.335 e. The average Bonchev–Trinajstić information content (AvgIpc) is 3.50. The molecule has 3 aliphatic rings. The molecular weight excluding hydrogens is 580 g/mol. The van der Waals surface area contributed by atoms with Gasteiger partial charge in [0.2, 0.25) is 0 Å². The monoisotopic (exact) mass is 616 g/mol. The number of imidazole rings is 1. The molecule has 230 valence electrons. The highest BCUT2D eigenvalue weighted by Gasteiger charge is 2.50. The second kappa shape index (κ2) is 11.1. The molecule has 1 saturated heterocycles. The van der Waals surface area contributed by atoms with Crippen molar-refractivity contribution in [3.8, 4) is 11.5 Å². The third-order valence-electron chi connectivity index (χ3n) is 9.89. The number of rotatable bonds is 10. The molecule has 2 aromatic carbocycles. The standard InChI is InChI=1S/C34H37ClN4O5/c1-4-38(20-30-37-26-11-9-22(32(40)41)17-27(26)39(30)19-24-13-16-42-24)34(14-6-15-34)21(2)25-7-5-8-28-31(25)44-33(3,43-28)29-12-10-23(35)18-36-29/h5,7-12,17-18,21,24H,4,6,13-16,19-20H2,1-3H3,(H,40,41)/t21?,24-,33-/m0/s1. The van der Waals surface area contributed by atoms with Crippen LogP contribution in [-0.2, 0) is 23.6 Å². The van der Waals surface area contributed by atoms with Gasteiger partial charge in [0.05, 0.1) is 40.8 Å². The first kappa shape index (κ1) is 29.1. The van der Waals surface area contributed by atoms with E-state index in [0.29, 0.717) is 29.6 Å². The van der Waals surface area contributed by atoms with Crippen molar-refractivity contribution < 1.29 is 24.1 Å². The molecule has 44 heavy (non-hydrogen) atoms. The average molecular weight is 617 g/mol. The van der Waals surface area contributed by atoms with E-state index in [1.165, 1.54) is 0 Å². The zero-order valence-electron chi connectivity index (χ0n) is 25.3. The van der Waals surface area contributed by atoms with Gasteiger partial charge in [-0.05, 0) is 68.6 Å². The van der Waals surface area contributed by atoms with Crippen molar-refractivity contribution in [2.75, 3.05) is 13.2 Å². The molecule has 0 radical (unpaired) electrons. The molecular formula is C34H37ClN4O5. The maximum Gasteiger partial charge on any atom is 0.335 e. The maximum absolute atomic E-state index is 11.8. The number of fused-ring (bicyclic) bond motifs is 2. The number of hydrogen-bond donors (Lipinski definition) is 1. The van der Waals surface area contributed by atoms with Crippen LogP contribution < -0.4 is 9.47 Å². The molecule has 1 unspecified atom stereocenters. The predicted molar refractivity (Wildman–Crippen MR) is 166 cm³/mol. The Kier molecular flexibility index (Phi) is 7.30. The quantitative estimate of drug-likeness (QED) is 0.209. The Balaban J connectivity index is 1.21. The lowest BCUT2D eigenvalue weighted by Crippen LogP contribution is -2.56. The van der Waals surface area contributed by atoms with Crippen LogP contribution in [0.3, 0.4) is 0 Å². The number of pyridine rings is 1. The number of para-hydroxylation sites is 1. The highest BCUT2D eigenvalue weighted by atomic mass is 35.5. The molecule has 4 heterocycles. The lowest BCUT2D eigenvalue weighted by atomic mass is 9.65. The number of carbonyl (C=O) groups is 1. The number of halogens is 1. The summed E-state index contributed by atoms with van der Waals surface area (Å²) in [5.74, 6) is 0.547. The van der Waals surface area contributed by atoms with Crippen LogP contribution in [-0.4, -0.2) is 55.3 Å². The van der Waals surface area contributed by atoms with Gasteiger partial charge in [0.15, 0.2) is 11.5 Å². The number of aromatic carboxylic acids is 1. The fourth-order valence-electron chi connectivity index (χ4n) is 7.11. The summed E-state index contributed by atoms with van der Waals surface area (Å²) in [5.41, 5.74) is 3.57. The molecule has 1 aliphatic carbocycles. The second-order valence-corrected chi connectivity index (χ2v) is 12.7. The molecule has 9 nitrogen and oxygen atoms in total. The Labute approximate surface area is 261 Å². The van der Waals surface area contributed by atoms with Gasteiger partial charge < -0.3 is 23.9 Å². The molecule has 1 saturated carbocycles. The molecule has 10 heteroatoms. The Hall–Kier alpha value is -3.66. The minimum absolute atomic E-state index is 0.104. The predicted octanol–water partition coefficient (Wildman–Crippen LogP) is 6.76. The molecule has 2 fully saturated rings. The Morgan fingerprint density at radius 1 is 1.20 bits per heavy atom. The van der Waals surface area contributed by atoms with Gasteiger partial charge in [0, 0.05) is 36.7 Å². The van der Waals surface area contributed by atoms with Crippen molar-refractivity contribution in [1.29, 1.82) is 0 Å². The summed E-state index contributed by atoms with van der Waals surface area (Å²) >= 11 is 6.10. The van der Waals surface area contributed by atoms with Gasteiger partial charge in [0.25, 0.3) is 5.79 Å². The zero-order valence-corrected chi connectivity index (χ0v) is 26.0. The lowest BCUT2D eigenvalue weighted by molar-refractivity contribution is -0.0730. The number of carboxylic acids is 1. The minimum Gasteiger partial charge on any atom is -0.478 e. The summed E-state index contributed by atoms with van der Waals surface area (Å²) in [5, 5.41) is 10.2. The molecule has 4 aromatic rings. The summed E-state index contributed by atoms with van der Waals surface area (Å²) in [6.07, 6.45) is 5.96. The Morgan fingerprint density at radius 2 is 2.02 bits per heavy atom. The number of nitrogens with zero attached hydrogens (tertiary/aromatic N) is 4. The van der Waals surface area contributed by atoms with E-state index in [9.17, 15) is 9.90 Å². The van der Waals surface area contributed by atoms with Crippen LogP contribution in [0.25, 0.3) is 11.0 Å². The van der Waals surface area contributed by atoms with Gasteiger partial charge in [-0.1, -0.05) is 37.6 Å². The molecule has 0 bridgehead atoms. The number of benzene rings is 2. The van der Waals surface area contributed by atoms with Gasteiger partial charge in [-0.25, -0.2) is 9.78 Å². The molecule has 0 spiro atoms. The van der Waals surface area contributed by atoms with E-state index in [4.69, 9.17) is 30.8 Å². The van der Waals surface area contributed by atoms with Gasteiger partial charge in [-0.15, -0.1) is 0 Å². The molecule has 2 aliphatic heterocycles. The first-order valence-corrected chi connectivity index (χ1v) is 15.8. The Morgan fingerprint density at radius 3 is 2.66 bits per heavy atom. The van der Waals surface area contributed by atoms with E-state index >= 15 is 0 Å².